The van der Waals surface area contributed by atoms with Crippen LogP contribution in [0.4, 0.5) is 23.4 Å². The van der Waals surface area contributed by atoms with Crippen LogP contribution in [0.25, 0.3) is 22.6 Å². The van der Waals surface area contributed by atoms with E-state index in [4.69, 9.17) is 4.74 Å². The Morgan fingerprint density at radius 1 is 1.14 bits per heavy atom. The van der Waals surface area contributed by atoms with Gasteiger partial charge in [0.05, 0.1) is 36.8 Å². The summed E-state index contributed by atoms with van der Waals surface area (Å²) in [4.78, 5) is 13.3. The summed E-state index contributed by atoms with van der Waals surface area (Å²) in [5.41, 5.74) is -0.588. The minimum absolute atomic E-state index is 0.0782. The average molecular weight is 505 g/mol. The van der Waals surface area contributed by atoms with Crippen molar-refractivity contribution in [3.05, 3.63) is 36.3 Å². The van der Waals surface area contributed by atoms with Crippen LogP contribution in [0, 0.1) is 0 Å². The molecule has 4 heterocycles. The van der Waals surface area contributed by atoms with Gasteiger partial charge in [-0.25, -0.2) is 19.3 Å². The standard InChI is InChI=1S/C23H23F4N7O2/c1-34(16-8-12-4-6-14(30-12)19(16)24)18-10-29-21(33-32-18)13-5-3-11(7-17(13)35)15-9-28-20(23(25,26)27)22(31-15)36-2/h3,5,7,9-10,12,14,16,19,30,35H,4,6,8H2,1-2H3/t12-,14+,16-,19+/m0/s1. The molecule has 2 aliphatic rings. The normalized spacial score (nSPS) is 23.5. The molecule has 1 aromatic carbocycles. The first-order valence-electron chi connectivity index (χ1n) is 11.3. The van der Waals surface area contributed by atoms with Crippen LogP contribution in [-0.4, -0.2) is 68.7 Å². The van der Waals surface area contributed by atoms with Crippen LogP contribution in [0.3, 0.4) is 0 Å². The largest absolute Gasteiger partial charge is 0.507 e. The van der Waals surface area contributed by atoms with E-state index in [1.54, 1.807) is 11.9 Å². The van der Waals surface area contributed by atoms with E-state index in [0.717, 1.165) is 26.1 Å². The van der Waals surface area contributed by atoms with Crippen LogP contribution in [-0.2, 0) is 6.18 Å². The second-order valence-electron chi connectivity index (χ2n) is 8.89. The van der Waals surface area contributed by atoms with Crippen molar-refractivity contribution in [1.29, 1.82) is 0 Å². The molecule has 5 rings (SSSR count). The smallest absolute Gasteiger partial charge is 0.438 e. The lowest BCUT2D eigenvalue weighted by molar-refractivity contribution is -0.142. The Kier molecular flexibility index (Phi) is 6.10. The van der Waals surface area contributed by atoms with Gasteiger partial charge in [0.15, 0.2) is 11.6 Å². The predicted octanol–water partition coefficient (Wildman–Crippen LogP) is 3.40. The number of nitrogens with one attached hydrogen (secondary N) is 1. The fraction of sp³-hybridized carbons (Fsp3) is 0.435. The molecule has 9 nitrogen and oxygen atoms in total. The van der Waals surface area contributed by atoms with E-state index >= 15 is 0 Å². The number of benzene rings is 1. The number of nitrogens with zero attached hydrogens (tertiary/aromatic N) is 6. The Bertz CT molecular complexity index is 1260. The summed E-state index contributed by atoms with van der Waals surface area (Å²) in [7, 11) is 2.83. The van der Waals surface area contributed by atoms with Crippen LogP contribution in [0.15, 0.2) is 30.6 Å². The van der Waals surface area contributed by atoms with Crippen LogP contribution in [0.2, 0.25) is 0 Å². The third kappa shape index (κ3) is 4.38. The lowest BCUT2D eigenvalue weighted by Crippen LogP contribution is -2.55. The molecule has 0 amide bonds. The van der Waals surface area contributed by atoms with E-state index in [9.17, 15) is 22.7 Å². The van der Waals surface area contributed by atoms with Crippen LogP contribution in [0.5, 0.6) is 11.6 Å². The van der Waals surface area contributed by atoms with Gasteiger partial charge in [-0.15, -0.1) is 10.2 Å². The van der Waals surface area contributed by atoms with Crippen molar-refractivity contribution in [2.24, 2.45) is 0 Å². The van der Waals surface area contributed by atoms with E-state index in [-0.39, 0.29) is 34.9 Å². The molecule has 190 valence electrons. The van der Waals surface area contributed by atoms with Crippen molar-refractivity contribution in [3.63, 3.8) is 0 Å². The van der Waals surface area contributed by atoms with Crippen molar-refractivity contribution < 1.29 is 27.4 Å². The zero-order chi connectivity index (χ0) is 25.6. The molecule has 2 aromatic heterocycles. The number of ether oxygens (including phenoxy) is 1. The zero-order valence-corrected chi connectivity index (χ0v) is 19.4. The van der Waals surface area contributed by atoms with Crippen LogP contribution >= 0.6 is 0 Å². The van der Waals surface area contributed by atoms with E-state index in [2.05, 4.69) is 30.5 Å². The number of hydrogen-bond acceptors (Lipinski definition) is 9. The number of fused-ring (bicyclic) bond motifs is 2. The lowest BCUT2D eigenvalue weighted by atomic mass is 9.96. The number of alkyl halides is 4. The molecule has 2 N–H and O–H groups in total. The van der Waals surface area contributed by atoms with Gasteiger partial charge in [0.2, 0.25) is 11.6 Å². The Hall–Kier alpha value is -3.61. The molecule has 2 saturated heterocycles. The van der Waals surface area contributed by atoms with Gasteiger partial charge in [-0.05, 0) is 31.4 Å². The summed E-state index contributed by atoms with van der Waals surface area (Å²) in [5, 5.41) is 22.1. The minimum atomic E-state index is -4.72. The summed E-state index contributed by atoms with van der Waals surface area (Å²) in [6.07, 6.45) is -0.883. The summed E-state index contributed by atoms with van der Waals surface area (Å²) in [5.74, 6) is -0.353. The van der Waals surface area contributed by atoms with Gasteiger partial charge in [0.1, 0.15) is 11.9 Å². The predicted molar refractivity (Wildman–Crippen MR) is 121 cm³/mol. The monoisotopic (exact) mass is 505 g/mol. The molecular formula is C23H23F4N7O2. The van der Waals surface area contributed by atoms with Gasteiger partial charge in [-0.2, -0.15) is 13.2 Å². The maximum Gasteiger partial charge on any atom is 0.438 e. The van der Waals surface area contributed by atoms with Gasteiger partial charge >= 0.3 is 6.18 Å². The van der Waals surface area contributed by atoms with Gasteiger partial charge in [0, 0.05) is 24.7 Å². The molecule has 0 radical (unpaired) electrons. The number of anilines is 1. The van der Waals surface area contributed by atoms with Crippen LogP contribution < -0.4 is 15.0 Å². The van der Waals surface area contributed by atoms with E-state index in [0.29, 0.717) is 23.8 Å². The topological polar surface area (TPSA) is 109 Å². The highest BCUT2D eigenvalue weighted by molar-refractivity contribution is 5.71. The first-order valence-corrected chi connectivity index (χ1v) is 11.3. The van der Waals surface area contributed by atoms with Crippen molar-refractivity contribution in [2.45, 2.75) is 49.7 Å². The highest BCUT2D eigenvalue weighted by Crippen LogP contribution is 2.37. The van der Waals surface area contributed by atoms with Crippen molar-refractivity contribution in [2.75, 3.05) is 19.1 Å². The van der Waals surface area contributed by atoms with E-state index in [1.165, 1.54) is 24.4 Å². The van der Waals surface area contributed by atoms with E-state index < -0.39 is 23.9 Å². The highest BCUT2D eigenvalue weighted by atomic mass is 19.4. The summed E-state index contributed by atoms with van der Waals surface area (Å²) in [6.45, 7) is 0. The molecule has 2 fully saturated rings. The average Bonchev–Trinajstić information content (AvgIpc) is 3.28. The third-order valence-electron chi connectivity index (χ3n) is 6.70. The summed E-state index contributed by atoms with van der Waals surface area (Å²) >= 11 is 0. The Labute approximate surface area is 203 Å². The number of rotatable bonds is 5. The zero-order valence-electron chi connectivity index (χ0n) is 19.4. The number of halogens is 4. The number of hydrogen-bond donors (Lipinski definition) is 2. The van der Waals surface area contributed by atoms with Crippen molar-refractivity contribution >= 4 is 5.82 Å². The quantitative estimate of drug-likeness (QED) is 0.505. The lowest BCUT2D eigenvalue weighted by Gasteiger charge is -2.38. The molecule has 0 spiro atoms. The third-order valence-corrected chi connectivity index (χ3v) is 6.70. The maximum absolute atomic E-state index is 14.9. The SMILES string of the molecule is COc1nc(-c2ccc(-c3ncc(N(C)[C@H]4C[C@@H]5CC[C@@H](N5)[C@H]4F)nn3)c(O)c2)cnc1C(F)(F)F. The minimum Gasteiger partial charge on any atom is -0.507 e. The first-order chi connectivity index (χ1) is 17.2. The molecule has 3 aromatic rings. The second-order valence-corrected chi connectivity index (χ2v) is 8.89. The fourth-order valence-corrected chi connectivity index (χ4v) is 4.80. The van der Waals surface area contributed by atoms with Gasteiger partial charge in [-0.3, -0.25) is 0 Å². The maximum atomic E-state index is 14.9. The second kappa shape index (κ2) is 9.12. The Morgan fingerprint density at radius 3 is 2.61 bits per heavy atom. The number of piperidine rings is 1. The molecule has 2 aliphatic heterocycles. The summed E-state index contributed by atoms with van der Waals surface area (Å²) in [6, 6.07) is 4.15. The number of methoxy groups -OCH3 is 1. The molecule has 4 atom stereocenters. The molecule has 0 unspecified atom stereocenters. The molecule has 36 heavy (non-hydrogen) atoms. The van der Waals surface area contributed by atoms with E-state index in [1.807, 2.05) is 0 Å². The summed E-state index contributed by atoms with van der Waals surface area (Å²) < 4.78 is 58.8. The number of phenolic OH excluding ortho intramolecular Hbond substituents is 1. The van der Waals surface area contributed by atoms with Gasteiger partial charge in [0.25, 0.3) is 0 Å². The molecule has 2 bridgehead atoms. The molecular weight excluding hydrogens is 482 g/mol. The Balaban J connectivity index is 1.36. The van der Waals surface area contributed by atoms with Gasteiger partial charge in [-0.1, -0.05) is 6.07 Å². The van der Waals surface area contributed by atoms with Crippen molar-refractivity contribution in [3.8, 4) is 34.3 Å². The number of aromatic nitrogens is 5. The number of phenols is 1. The van der Waals surface area contributed by atoms with Crippen LogP contribution in [0.1, 0.15) is 25.0 Å². The highest BCUT2D eigenvalue weighted by Gasteiger charge is 2.44. The van der Waals surface area contributed by atoms with Gasteiger partial charge < -0.3 is 20.1 Å². The Morgan fingerprint density at radius 2 is 1.94 bits per heavy atom. The molecule has 13 heteroatoms. The molecule has 0 aliphatic carbocycles. The molecule has 0 saturated carbocycles. The van der Waals surface area contributed by atoms with Crippen molar-refractivity contribution in [1.82, 2.24) is 30.5 Å². The first kappa shape index (κ1) is 24.1. The number of aromatic hydroxyl groups is 1. The fourth-order valence-electron chi connectivity index (χ4n) is 4.80.